The molecule has 22 heavy (non-hydrogen) atoms. The number of ether oxygens (including phenoxy) is 2. The third-order valence-electron chi connectivity index (χ3n) is 2.90. The van der Waals surface area contributed by atoms with Crippen molar-refractivity contribution >= 4 is 11.8 Å². The Morgan fingerprint density at radius 1 is 1.23 bits per heavy atom. The van der Waals surface area contributed by atoms with Crippen LogP contribution in [0.5, 0.6) is 5.75 Å². The normalized spacial score (nSPS) is 10.3. The van der Waals surface area contributed by atoms with Gasteiger partial charge in [0.05, 0.1) is 13.2 Å². The van der Waals surface area contributed by atoms with Gasteiger partial charge >= 0.3 is 5.97 Å². The Kier molecular flexibility index (Phi) is 5.30. The number of esters is 1. The highest BCUT2D eigenvalue weighted by Gasteiger charge is 2.14. The smallest absolute Gasteiger partial charge is 0.343 e. The third kappa shape index (κ3) is 3.72. The number of nitrogens with zero attached hydrogens (tertiary/aromatic N) is 2. The minimum atomic E-state index is -0.519. The number of nitrogen functional groups attached to an aromatic ring is 1. The zero-order chi connectivity index (χ0) is 15.9. The fourth-order valence-electron chi connectivity index (χ4n) is 1.82. The van der Waals surface area contributed by atoms with Gasteiger partial charge in [0.2, 0.25) is 0 Å². The monoisotopic (exact) mass is 301 g/mol. The molecule has 0 amide bonds. The molecule has 0 saturated heterocycles. The first-order chi connectivity index (χ1) is 10.7. The number of anilines is 1. The maximum Gasteiger partial charge on any atom is 0.343 e. The number of carbonyl (C=O) groups is 1. The molecule has 0 atom stereocenters. The van der Waals surface area contributed by atoms with E-state index in [1.807, 2.05) is 24.3 Å². The van der Waals surface area contributed by atoms with Gasteiger partial charge in [-0.3, -0.25) is 0 Å². The number of rotatable bonds is 6. The van der Waals surface area contributed by atoms with Crippen LogP contribution in [0.3, 0.4) is 0 Å². The molecule has 116 valence electrons. The first-order valence-corrected chi connectivity index (χ1v) is 7.18. The first-order valence-electron chi connectivity index (χ1n) is 7.18. The van der Waals surface area contributed by atoms with E-state index in [0.29, 0.717) is 12.4 Å². The molecular weight excluding hydrogens is 282 g/mol. The van der Waals surface area contributed by atoms with Gasteiger partial charge in [0, 0.05) is 11.8 Å². The second-order valence-electron chi connectivity index (χ2n) is 4.59. The molecule has 2 aromatic rings. The average Bonchev–Trinajstić information content (AvgIpc) is 2.53. The molecule has 0 fully saturated rings. The average molecular weight is 301 g/mol. The third-order valence-corrected chi connectivity index (χ3v) is 2.90. The Bertz CT molecular complexity index is 642. The van der Waals surface area contributed by atoms with Crippen molar-refractivity contribution in [2.24, 2.45) is 0 Å². The van der Waals surface area contributed by atoms with Crippen LogP contribution in [0.15, 0.2) is 30.5 Å². The SMILES string of the molecule is CCCOc1ccc(-c2ncc(C(=O)OCC)c(N)n2)cc1. The Morgan fingerprint density at radius 2 is 1.95 bits per heavy atom. The first kappa shape index (κ1) is 15.8. The summed E-state index contributed by atoms with van der Waals surface area (Å²) in [5.41, 5.74) is 6.78. The minimum absolute atomic E-state index is 0.106. The summed E-state index contributed by atoms with van der Waals surface area (Å²) >= 11 is 0. The molecule has 0 radical (unpaired) electrons. The van der Waals surface area contributed by atoms with Crippen molar-refractivity contribution in [1.29, 1.82) is 0 Å². The lowest BCUT2D eigenvalue weighted by molar-refractivity contribution is 0.0527. The molecule has 0 saturated carbocycles. The molecule has 6 nitrogen and oxygen atoms in total. The Morgan fingerprint density at radius 3 is 2.55 bits per heavy atom. The number of hydrogen-bond donors (Lipinski definition) is 1. The summed E-state index contributed by atoms with van der Waals surface area (Å²) in [5, 5.41) is 0. The van der Waals surface area contributed by atoms with Crippen LogP contribution < -0.4 is 10.5 Å². The van der Waals surface area contributed by atoms with Gasteiger partial charge in [0.1, 0.15) is 17.1 Å². The fourth-order valence-corrected chi connectivity index (χ4v) is 1.82. The second-order valence-corrected chi connectivity index (χ2v) is 4.59. The molecule has 6 heteroatoms. The highest BCUT2D eigenvalue weighted by molar-refractivity contribution is 5.94. The molecule has 1 aromatic heterocycles. The van der Waals surface area contributed by atoms with Crippen molar-refractivity contribution in [3.05, 3.63) is 36.0 Å². The summed E-state index contributed by atoms with van der Waals surface area (Å²) < 4.78 is 10.4. The van der Waals surface area contributed by atoms with E-state index in [1.165, 1.54) is 6.20 Å². The Hall–Kier alpha value is -2.63. The van der Waals surface area contributed by atoms with Crippen LogP contribution in [-0.2, 0) is 4.74 Å². The standard InChI is InChI=1S/C16H19N3O3/c1-3-9-22-12-7-5-11(6-8-12)15-18-10-13(14(17)19-15)16(20)21-4-2/h5-8,10H,3-4,9H2,1-2H3,(H2,17,18,19). The molecule has 0 aliphatic heterocycles. The van der Waals surface area contributed by atoms with E-state index in [2.05, 4.69) is 16.9 Å². The van der Waals surface area contributed by atoms with Crippen molar-refractivity contribution < 1.29 is 14.3 Å². The Balaban J connectivity index is 2.19. The minimum Gasteiger partial charge on any atom is -0.494 e. The molecule has 0 spiro atoms. The molecule has 2 N–H and O–H groups in total. The number of hydrogen-bond acceptors (Lipinski definition) is 6. The van der Waals surface area contributed by atoms with Crippen molar-refractivity contribution in [2.45, 2.75) is 20.3 Å². The number of nitrogens with two attached hydrogens (primary N) is 1. The lowest BCUT2D eigenvalue weighted by Gasteiger charge is -2.07. The van der Waals surface area contributed by atoms with Gasteiger partial charge in [-0.2, -0.15) is 0 Å². The van der Waals surface area contributed by atoms with Crippen LogP contribution in [0, 0.1) is 0 Å². The molecule has 1 aromatic carbocycles. The second kappa shape index (κ2) is 7.40. The molecule has 0 unspecified atom stereocenters. The van der Waals surface area contributed by atoms with Crippen molar-refractivity contribution in [3.8, 4) is 17.1 Å². The zero-order valence-electron chi connectivity index (χ0n) is 12.7. The zero-order valence-corrected chi connectivity index (χ0v) is 12.7. The summed E-state index contributed by atoms with van der Waals surface area (Å²) in [6.07, 6.45) is 2.34. The lowest BCUT2D eigenvalue weighted by atomic mass is 10.2. The molecule has 0 aliphatic carbocycles. The molecular formula is C16H19N3O3. The molecule has 0 bridgehead atoms. The van der Waals surface area contributed by atoms with Crippen LogP contribution in [0.25, 0.3) is 11.4 Å². The van der Waals surface area contributed by atoms with E-state index >= 15 is 0 Å². The van der Waals surface area contributed by atoms with Crippen LogP contribution in [0.4, 0.5) is 5.82 Å². The van der Waals surface area contributed by atoms with Crippen molar-refractivity contribution in [3.63, 3.8) is 0 Å². The lowest BCUT2D eigenvalue weighted by Crippen LogP contribution is -2.10. The summed E-state index contributed by atoms with van der Waals surface area (Å²) in [4.78, 5) is 20.0. The van der Waals surface area contributed by atoms with Crippen LogP contribution >= 0.6 is 0 Å². The van der Waals surface area contributed by atoms with Gasteiger partial charge in [-0.15, -0.1) is 0 Å². The summed E-state index contributed by atoms with van der Waals surface area (Å²) in [6.45, 7) is 4.73. The van der Waals surface area contributed by atoms with E-state index in [0.717, 1.165) is 17.7 Å². The van der Waals surface area contributed by atoms with Crippen molar-refractivity contribution in [1.82, 2.24) is 9.97 Å². The Labute approximate surface area is 129 Å². The van der Waals surface area contributed by atoms with Crippen LogP contribution in [0.2, 0.25) is 0 Å². The molecule has 1 heterocycles. The topological polar surface area (TPSA) is 87.3 Å². The highest BCUT2D eigenvalue weighted by atomic mass is 16.5. The highest BCUT2D eigenvalue weighted by Crippen LogP contribution is 2.21. The molecule has 2 rings (SSSR count). The maximum absolute atomic E-state index is 11.7. The predicted octanol–water partition coefficient (Wildman–Crippen LogP) is 2.69. The largest absolute Gasteiger partial charge is 0.494 e. The van der Waals surface area contributed by atoms with Gasteiger partial charge in [-0.05, 0) is 37.6 Å². The number of carbonyl (C=O) groups excluding carboxylic acids is 1. The van der Waals surface area contributed by atoms with Crippen LogP contribution in [-0.4, -0.2) is 29.2 Å². The quantitative estimate of drug-likeness (QED) is 0.825. The molecule has 0 aliphatic rings. The fraction of sp³-hybridized carbons (Fsp3) is 0.312. The van der Waals surface area contributed by atoms with Gasteiger partial charge < -0.3 is 15.2 Å². The van der Waals surface area contributed by atoms with Crippen molar-refractivity contribution in [2.75, 3.05) is 18.9 Å². The van der Waals surface area contributed by atoms with E-state index in [9.17, 15) is 4.79 Å². The van der Waals surface area contributed by atoms with E-state index < -0.39 is 5.97 Å². The predicted molar refractivity (Wildman–Crippen MR) is 83.6 cm³/mol. The van der Waals surface area contributed by atoms with E-state index in [-0.39, 0.29) is 18.0 Å². The van der Waals surface area contributed by atoms with Gasteiger partial charge in [0.15, 0.2) is 5.82 Å². The number of aromatic nitrogens is 2. The van der Waals surface area contributed by atoms with Gasteiger partial charge in [-0.1, -0.05) is 6.92 Å². The van der Waals surface area contributed by atoms with Gasteiger partial charge in [0.25, 0.3) is 0 Å². The maximum atomic E-state index is 11.7. The summed E-state index contributed by atoms with van der Waals surface area (Å²) in [6, 6.07) is 7.40. The van der Waals surface area contributed by atoms with Crippen LogP contribution in [0.1, 0.15) is 30.6 Å². The van der Waals surface area contributed by atoms with E-state index in [4.69, 9.17) is 15.2 Å². The number of benzene rings is 1. The van der Waals surface area contributed by atoms with E-state index in [1.54, 1.807) is 6.92 Å². The summed E-state index contributed by atoms with van der Waals surface area (Å²) in [5.74, 6) is 0.832. The summed E-state index contributed by atoms with van der Waals surface area (Å²) in [7, 11) is 0. The van der Waals surface area contributed by atoms with Gasteiger partial charge in [-0.25, -0.2) is 14.8 Å².